The number of pyridine rings is 1. The van der Waals surface area contributed by atoms with Crippen molar-refractivity contribution in [2.45, 2.75) is 45.3 Å². The maximum atomic E-state index is 12.8. The van der Waals surface area contributed by atoms with E-state index < -0.39 is 6.04 Å². The summed E-state index contributed by atoms with van der Waals surface area (Å²) in [5, 5.41) is 19.3. The number of nitrogens with zero attached hydrogens (tertiary/aromatic N) is 5. The fraction of sp³-hybridized carbons (Fsp3) is 0.500. The highest BCUT2D eigenvalue weighted by Crippen LogP contribution is 2.30. The third-order valence-corrected chi connectivity index (χ3v) is 3.97. The van der Waals surface area contributed by atoms with Crippen LogP contribution in [0.25, 0.3) is 0 Å². The monoisotopic (exact) mass is 358 g/mol. The fourth-order valence-electron chi connectivity index (χ4n) is 2.72. The maximum absolute atomic E-state index is 12.8. The van der Waals surface area contributed by atoms with Crippen molar-refractivity contribution in [1.82, 2.24) is 36.2 Å². The number of amides is 2. The first-order chi connectivity index (χ1) is 12.3. The Hall–Kier alpha value is -2.88. The number of tetrazole rings is 1. The number of hydrogen-bond acceptors (Lipinski definition) is 7. The van der Waals surface area contributed by atoms with Crippen molar-refractivity contribution in [3.8, 4) is 0 Å². The Bertz CT molecular complexity index is 784. The molecular weight excluding hydrogens is 336 g/mol. The van der Waals surface area contributed by atoms with Crippen LogP contribution >= 0.6 is 0 Å². The van der Waals surface area contributed by atoms with Crippen LogP contribution in [0.2, 0.25) is 0 Å². The van der Waals surface area contributed by atoms with E-state index in [-0.39, 0.29) is 30.4 Å². The van der Waals surface area contributed by atoms with E-state index >= 15 is 0 Å². The van der Waals surface area contributed by atoms with Crippen molar-refractivity contribution in [3.63, 3.8) is 0 Å². The predicted molar refractivity (Wildman–Crippen MR) is 93.0 cm³/mol. The number of carbonyl (C=O) groups is 2. The summed E-state index contributed by atoms with van der Waals surface area (Å²) in [5.41, 5.74) is 0.662. The Labute approximate surface area is 150 Å². The molecule has 26 heavy (non-hydrogen) atoms. The zero-order valence-corrected chi connectivity index (χ0v) is 15.0. The standard InChI is InChI=1S/C16H22N8O2/c1-16(2,3)19-9-13(25)24-11(7-10-5-4-6-17-14(10)24)15(26)18-8-12-20-22-23-21-12/h4-6,11,19H,7-9H2,1-3H3,(H,18,26)(H,20,21,22,23)/t11-/m0/s1. The second kappa shape index (κ2) is 7.16. The first-order valence-corrected chi connectivity index (χ1v) is 8.36. The third kappa shape index (κ3) is 4.02. The number of H-pyrrole nitrogens is 1. The van der Waals surface area contributed by atoms with Gasteiger partial charge in [0.1, 0.15) is 11.9 Å². The highest BCUT2D eigenvalue weighted by atomic mass is 16.2. The number of aromatic amines is 1. The third-order valence-electron chi connectivity index (χ3n) is 3.97. The van der Waals surface area contributed by atoms with E-state index in [2.05, 4.69) is 36.2 Å². The average Bonchev–Trinajstić information content (AvgIpc) is 3.24. The quantitative estimate of drug-likeness (QED) is 0.660. The SMILES string of the molecule is CC(C)(C)NCC(=O)N1c2ncccc2C[C@H]1C(=O)NCc1nn[nH]n1. The molecule has 0 aromatic carbocycles. The summed E-state index contributed by atoms with van der Waals surface area (Å²) in [4.78, 5) is 31.3. The van der Waals surface area contributed by atoms with Crippen molar-refractivity contribution in [2.24, 2.45) is 0 Å². The number of anilines is 1. The molecule has 0 saturated carbocycles. The second-order valence-electron chi connectivity index (χ2n) is 7.12. The van der Waals surface area contributed by atoms with E-state index in [1.165, 1.54) is 4.90 Å². The molecule has 1 aliphatic heterocycles. The molecule has 0 aliphatic carbocycles. The van der Waals surface area contributed by atoms with E-state index in [9.17, 15) is 9.59 Å². The lowest BCUT2D eigenvalue weighted by Crippen LogP contribution is -2.52. The van der Waals surface area contributed by atoms with Gasteiger partial charge in [0.05, 0.1) is 13.1 Å². The number of nitrogens with one attached hydrogen (secondary N) is 3. The van der Waals surface area contributed by atoms with Crippen molar-refractivity contribution in [2.75, 3.05) is 11.4 Å². The van der Waals surface area contributed by atoms with Crippen LogP contribution in [-0.2, 0) is 22.6 Å². The normalized spacial score (nSPS) is 16.4. The molecule has 0 fully saturated rings. The highest BCUT2D eigenvalue weighted by Gasteiger charge is 2.39. The van der Waals surface area contributed by atoms with Gasteiger partial charge >= 0.3 is 0 Å². The number of carbonyl (C=O) groups excluding carboxylic acids is 2. The van der Waals surface area contributed by atoms with Crippen LogP contribution in [0.15, 0.2) is 18.3 Å². The minimum atomic E-state index is -0.652. The predicted octanol–water partition coefficient (Wildman–Crippen LogP) is -0.443. The van der Waals surface area contributed by atoms with Gasteiger partial charge in [0.25, 0.3) is 0 Å². The van der Waals surface area contributed by atoms with Crippen LogP contribution in [0.1, 0.15) is 32.2 Å². The fourth-order valence-corrected chi connectivity index (χ4v) is 2.72. The van der Waals surface area contributed by atoms with Gasteiger partial charge in [-0.3, -0.25) is 14.5 Å². The van der Waals surface area contributed by atoms with E-state index in [0.29, 0.717) is 18.1 Å². The average molecular weight is 358 g/mol. The van der Waals surface area contributed by atoms with Crippen molar-refractivity contribution >= 4 is 17.6 Å². The summed E-state index contributed by atoms with van der Waals surface area (Å²) in [5.74, 6) is 0.432. The Morgan fingerprint density at radius 2 is 2.19 bits per heavy atom. The van der Waals surface area contributed by atoms with E-state index in [1.54, 1.807) is 12.3 Å². The lowest BCUT2D eigenvalue weighted by Gasteiger charge is -2.26. The summed E-state index contributed by atoms with van der Waals surface area (Å²) in [6.45, 7) is 6.19. The van der Waals surface area contributed by atoms with Crippen LogP contribution < -0.4 is 15.5 Å². The Balaban J connectivity index is 1.75. The molecule has 0 unspecified atom stereocenters. The highest BCUT2D eigenvalue weighted by molar-refractivity contribution is 6.03. The zero-order chi connectivity index (χ0) is 18.7. The molecule has 0 bridgehead atoms. The topological polar surface area (TPSA) is 129 Å². The molecular formula is C16H22N8O2. The van der Waals surface area contributed by atoms with Gasteiger partial charge in [-0.15, -0.1) is 10.2 Å². The molecule has 10 heteroatoms. The van der Waals surface area contributed by atoms with Crippen molar-refractivity contribution < 1.29 is 9.59 Å². The maximum Gasteiger partial charge on any atom is 0.243 e. The van der Waals surface area contributed by atoms with Gasteiger partial charge in [-0.2, -0.15) is 5.21 Å². The Kier molecular flexibility index (Phi) is 4.94. The molecule has 0 spiro atoms. The van der Waals surface area contributed by atoms with Crippen molar-refractivity contribution in [1.29, 1.82) is 0 Å². The van der Waals surface area contributed by atoms with Crippen LogP contribution in [0.5, 0.6) is 0 Å². The minimum absolute atomic E-state index is 0.119. The molecule has 2 amide bonds. The van der Waals surface area contributed by atoms with Gasteiger partial charge in [-0.05, 0) is 32.4 Å². The molecule has 138 valence electrons. The zero-order valence-electron chi connectivity index (χ0n) is 15.0. The molecule has 1 aliphatic rings. The van der Waals surface area contributed by atoms with Gasteiger partial charge in [0.2, 0.25) is 11.8 Å². The van der Waals surface area contributed by atoms with Crippen LogP contribution in [-0.4, -0.2) is 55.5 Å². The first-order valence-electron chi connectivity index (χ1n) is 8.36. The molecule has 2 aromatic heterocycles. The number of fused-ring (bicyclic) bond motifs is 1. The van der Waals surface area contributed by atoms with Crippen LogP contribution in [0.4, 0.5) is 5.82 Å². The minimum Gasteiger partial charge on any atom is -0.347 e. The smallest absolute Gasteiger partial charge is 0.243 e. The van der Waals surface area contributed by atoms with Gasteiger partial charge in [0.15, 0.2) is 5.82 Å². The molecule has 3 heterocycles. The molecule has 3 N–H and O–H groups in total. The molecule has 2 aromatic rings. The Morgan fingerprint density at radius 1 is 1.38 bits per heavy atom. The summed E-state index contributed by atoms with van der Waals surface area (Å²) < 4.78 is 0. The largest absolute Gasteiger partial charge is 0.347 e. The summed E-state index contributed by atoms with van der Waals surface area (Å²) in [6.07, 6.45) is 2.04. The summed E-state index contributed by atoms with van der Waals surface area (Å²) in [6, 6.07) is 3.03. The van der Waals surface area contributed by atoms with Crippen LogP contribution in [0.3, 0.4) is 0 Å². The number of rotatable bonds is 5. The Morgan fingerprint density at radius 3 is 2.88 bits per heavy atom. The second-order valence-corrected chi connectivity index (χ2v) is 7.12. The molecule has 3 rings (SSSR count). The lowest BCUT2D eigenvalue weighted by molar-refractivity contribution is -0.126. The lowest BCUT2D eigenvalue weighted by atomic mass is 10.1. The van der Waals surface area contributed by atoms with Crippen molar-refractivity contribution in [3.05, 3.63) is 29.7 Å². The van der Waals surface area contributed by atoms with E-state index in [0.717, 1.165) is 5.56 Å². The van der Waals surface area contributed by atoms with Crippen LogP contribution in [0, 0.1) is 0 Å². The van der Waals surface area contributed by atoms with Gasteiger partial charge in [-0.1, -0.05) is 11.3 Å². The van der Waals surface area contributed by atoms with Gasteiger partial charge < -0.3 is 10.6 Å². The molecule has 10 nitrogen and oxygen atoms in total. The summed E-state index contributed by atoms with van der Waals surface area (Å²) >= 11 is 0. The van der Waals surface area contributed by atoms with Gasteiger partial charge in [0, 0.05) is 18.2 Å². The number of aromatic nitrogens is 5. The van der Waals surface area contributed by atoms with E-state index in [1.807, 2.05) is 26.8 Å². The summed E-state index contributed by atoms with van der Waals surface area (Å²) in [7, 11) is 0. The molecule has 1 atom stereocenters. The first kappa shape index (κ1) is 17.9. The number of hydrogen-bond donors (Lipinski definition) is 3. The van der Waals surface area contributed by atoms with E-state index in [4.69, 9.17) is 0 Å². The molecule has 0 saturated heterocycles. The van der Waals surface area contributed by atoms with Gasteiger partial charge in [-0.25, -0.2) is 4.98 Å². The molecule has 0 radical (unpaired) electrons.